The molecule has 0 aliphatic heterocycles. The van der Waals surface area contributed by atoms with E-state index in [0.29, 0.717) is 17.2 Å². The maximum atomic E-state index is 12.4. The van der Waals surface area contributed by atoms with Crippen molar-refractivity contribution in [2.45, 2.75) is 27.3 Å². The van der Waals surface area contributed by atoms with Crippen LogP contribution in [-0.4, -0.2) is 21.8 Å². The molecule has 0 saturated carbocycles. The van der Waals surface area contributed by atoms with Gasteiger partial charge in [0.15, 0.2) is 5.13 Å². The Morgan fingerprint density at radius 3 is 2.50 bits per heavy atom. The number of carbonyl (C=O) groups excluding carboxylic acids is 2. The number of benzene rings is 1. The number of amides is 2. The molecule has 2 heterocycles. The molecule has 0 bridgehead atoms. The number of thiazole rings is 1. The number of carbonyl (C=O) groups is 2. The van der Waals surface area contributed by atoms with E-state index in [9.17, 15) is 9.59 Å². The summed E-state index contributed by atoms with van der Waals surface area (Å²) < 4.78 is 0. The smallest absolute Gasteiger partial charge is 0.257 e. The Morgan fingerprint density at radius 2 is 1.86 bits per heavy atom. The van der Waals surface area contributed by atoms with Crippen LogP contribution in [0.1, 0.15) is 36.7 Å². The minimum Gasteiger partial charge on any atom is -0.352 e. The lowest BCUT2D eigenvalue weighted by Gasteiger charge is -2.17. The zero-order chi connectivity index (χ0) is 20.1. The Labute approximate surface area is 168 Å². The molecule has 7 heteroatoms. The van der Waals surface area contributed by atoms with Gasteiger partial charge in [-0.2, -0.15) is 0 Å². The first-order chi connectivity index (χ1) is 13.3. The van der Waals surface area contributed by atoms with E-state index in [2.05, 4.69) is 20.6 Å². The van der Waals surface area contributed by atoms with E-state index >= 15 is 0 Å². The number of nitrogens with one attached hydrogen (secondary N) is 2. The molecular formula is C21H22N4O2S. The van der Waals surface area contributed by atoms with Crippen molar-refractivity contribution in [3.63, 3.8) is 0 Å². The number of pyridine rings is 1. The Bertz CT molecular complexity index is 960. The van der Waals surface area contributed by atoms with E-state index in [4.69, 9.17) is 0 Å². The van der Waals surface area contributed by atoms with Crippen LogP contribution in [0.2, 0.25) is 0 Å². The minimum atomic E-state index is -0.428. The van der Waals surface area contributed by atoms with Gasteiger partial charge >= 0.3 is 0 Å². The lowest BCUT2D eigenvalue weighted by atomic mass is 9.95. The van der Waals surface area contributed by atoms with Crippen LogP contribution in [0.5, 0.6) is 0 Å². The van der Waals surface area contributed by atoms with Gasteiger partial charge in [0.2, 0.25) is 5.91 Å². The zero-order valence-corrected chi connectivity index (χ0v) is 16.8. The minimum absolute atomic E-state index is 0.0116. The van der Waals surface area contributed by atoms with Crippen LogP contribution in [0.3, 0.4) is 0 Å². The van der Waals surface area contributed by atoms with Crippen LogP contribution in [0.15, 0.2) is 54.2 Å². The number of nitrogens with zero attached hydrogens (tertiary/aromatic N) is 2. The van der Waals surface area contributed by atoms with E-state index < -0.39 is 5.41 Å². The lowest BCUT2D eigenvalue weighted by Crippen LogP contribution is -2.34. The predicted molar refractivity (Wildman–Crippen MR) is 111 cm³/mol. The van der Waals surface area contributed by atoms with Gasteiger partial charge in [-0.25, -0.2) is 4.98 Å². The largest absolute Gasteiger partial charge is 0.352 e. The van der Waals surface area contributed by atoms with Gasteiger partial charge in [-0.15, -0.1) is 11.3 Å². The Morgan fingerprint density at radius 1 is 1.11 bits per heavy atom. The summed E-state index contributed by atoms with van der Waals surface area (Å²) in [4.78, 5) is 32.9. The van der Waals surface area contributed by atoms with Gasteiger partial charge in [0, 0.05) is 40.9 Å². The summed E-state index contributed by atoms with van der Waals surface area (Å²) >= 11 is 1.37. The number of hydrogen-bond donors (Lipinski definition) is 2. The molecule has 2 N–H and O–H groups in total. The molecule has 0 aliphatic carbocycles. The first-order valence-electron chi connectivity index (χ1n) is 8.87. The molecule has 0 aliphatic rings. The fourth-order valence-electron chi connectivity index (χ4n) is 2.37. The van der Waals surface area contributed by atoms with Crippen LogP contribution in [0, 0.1) is 5.41 Å². The zero-order valence-electron chi connectivity index (χ0n) is 16.0. The number of hydrogen-bond acceptors (Lipinski definition) is 5. The fraction of sp³-hybridized carbons (Fsp3) is 0.238. The summed E-state index contributed by atoms with van der Waals surface area (Å²) in [6.45, 7) is 6.04. The van der Waals surface area contributed by atoms with Gasteiger partial charge in [-0.3, -0.25) is 19.9 Å². The van der Waals surface area contributed by atoms with Crippen molar-refractivity contribution in [2.24, 2.45) is 5.41 Å². The first-order valence-corrected chi connectivity index (χ1v) is 9.75. The molecule has 0 unspecified atom stereocenters. The van der Waals surface area contributed by atoms with Crippen molar-refractivity contribution >= 4 is 28.3 Å². The molecule has 3 rings (SSSR count). The van der Waals surface area contributed by atoms with Crippen molar-refractivity contribution < 1.29 is 9.59 Å². The third kappa shape index (κ3) is 5.01. The molecule has 0 fully saturated rings. The van der Waals surface area contributed by atoms with Crippen molar-refractivity contribution in [1.29, 1.82) is 0 Å². The topological polar surface area (TPSA) is 84.0 Å². The van der Waals surface area contributed by atoms with E-state index in [1.165, 1.54) is 11.3 Å². The highest BCUT2D eigenvalue weighted by atomic mass is 32.1. The average molecular weight is 395 g/mol. The molecule has 1 aromatic carbocycles. The van der Waals surface area contributed by atoms with Crippen molar-refractivity contribution in [2.75, 3.05) is 5.32 Å². The van der Waals surface area contributed by atoms with Crippen LogP contribution in [-0.2, 0) is 11.3 Å². The highest BCUT2D eigenvalue weighted by molar-refractivity contribution is 7.14. The third-order valence-electron chi connectivity index (χ3n) is 4.03. The Balaban J connectivity index is 1.59. The van der Waals surface area contributed by atoms with Crippen LogP contribution in [0.4, 0.5) is 5.13 Å². The second kappa shape index (κ2) is 8.31. The molecule has 0 spiro atoms. The standard InChI is InChI=1S/C21H22N4O2S/c1-21(2,3)19(27)23-11-14-6-8-15(9-7-14)18(26)25-20-24-17(13-28-20)16-5-4-10-22-12-16/h4-10,12-13H,11H2,1-3H3,(H,23,27)(H,24,25,26). The van der Waals surface area contributed by atoms with E-state index in [1.54, 1.807) is 24.5 Å². The quantitative estimate of drug-likeness (QED) is 0.682. The second-order valence-corrected chi connectivity index (χ2v) is 8.22. The summed E-state index contributed by atoms with van der Waals surface area (Å²) in [6, 6.07) is 10.9. The molecule has 0 atom stereocenters. The monoisotopic (exact) mass is 394 g/mol. The molecule has 6 nitrogen and oxygen atoms in total. The molecule has 2 amide bonds. The van der Waals surface area contributed by atoms with E-state index in [1.807, 2.05) is 50.4 Å². The highest BCUT2D eigenvalue weighted by Crippen LogP contribution is 2.24. The maximum absolute atomic E-state index is 12.4. The molecule has 28 heavy (non-hydrogen) atoms. The normalized spacial score (nSPS) is 11.1. The number of anilines is 1. The van der Waals surface area contributed by atoms with Gasteiger partial charge in [-0.1, -0.05) is 32.9 Å². The summed E-state index contributed by atoms with van der Waals surface area (Å²) in [7, 11) is 0. The van der Waals surface area contributed by atoms with Crippen LogP contribution < -0.4 is 10.6 Å². The summed E-state index contributed by atoms with van der Waals surface area (Å²) in [5.74, 6) is -0.236. The van der Waals surface area contributed by atoms with Crippen LogP contribution in [0.25, 0.3) is 11.3 Å². The van der Waals surface area contributed by atoms with E-state index in [0.717, 1.165) is 16.8 Å². The Hall–Kier alpha value is -3.06. The molecule has 2 aromatic heterocycles. The van der Waals surface area contributed by atoms with Crippen LogP contribution >= 0.6 is 11.3 Å². The van der Waals surface area contributed by atoms with Gasteiger partial charge < -0.3 is 5.32 Å². The first kappa shape index (κ1) is 19.7. The molecule has 0 radical (unpaired) electrons. The fourth-order valence-corrected chi connectivity index (χ4v) is 3.08. The van der Waals surface area contributed by atoms with Gasteiger partial charge in [0.1, 0.15) is 0 Å². The van der Waals surface area contributed by atoms with Gasteiger partial charge in [-0.05, 0) is 29.8 Å². The third-order valence-corrected chi connectivity index (χ3v) is 4.79. The summed E-state index contributed by atoms with van der Waals surface area (Å²) in [6.07, 6.45) is 3.44. The molecule has 144 valence electrons. The SMILES string of the molecule is CC(C)(C)C(=O)NCc1ccc(C(=O)Nc2nc(-c3cccnc3)cs2)cc1. The van der Waals surface area contributed by atoms with Crippen molar-refractivity contribution in [3.8, 4) is 11.3 Å². The predicted octanol–water partition coefficient (Wildman–Crippen LogP) is 4.12. The highest BCUT2D eigenvalue weighted by Gasteiger charge is 2.20. The van der Waals surface area contributed by atoms with Gasteiger partial charge in [0.25, 0.3) is 5.91 Å². The second-order valence-electron chi connectivity index (χ2n) is 7.36. The number of rotatable bonds is 5. The van der Waals surface area contributed by atoms with Crippen molar-refractivity contribution in [1.82, 2.24) is 15.3 Å². The molecular weight excluding hydrogens is 372 g/mol. The molecule has 0 saturated heterocycles. The summed E-state index contributed by atoms with van der Waals surface area (Å²) in [5, 5.41) is 8.12. The maximum Gasteiger partial charge on any atom is 0.257 e. The van der Waals surface area contributed by atoms with Crippen molar-refractivity contribution in [3.05, 3.63) is 65.3 Å². The van der Waals surface area contributed by atoms with E-state index in [-0.39, 0.29) is 11.8 Å². The lowest BCUT2D eigenvalue weighted by molar-refractivity contribution is -0.128. The van der Waals surface area contributed by atoms with Gasteiger partial charge in [0.05, 0.1) is 5.69 Å². The molecule has 3 aromatic rings. The average Bonchev–Trinajstić information content (AvgIpc) is 3.15. The Kier molecular flexibility index (Phi) is 5.84. The summed E-state index contributed by atoms with van der Waals surface area (Å²) in [5.41, 5.74) is 2.72. The number of aromatic nitrogens is 2.